The van der Waals surface area contributed by atoms with Gasteiger partial charge in [0.25, 0.3) is 0 Å². The molecule has 0 saturated carbocycles. The van der Waals surface area contributed by atoms with Gasteiger partial charge in [-0.1, -0.05) is 6.92 Å². The van der Waals surface area contributed by atoms with Crippen molar-refractivity contribution >= 4 is 5.78 Å². The van der Waals surface area contributed by atoms with Gasteiger partial charge in [-0.25, -0.2) is 0 Å². The van der Waals surface area contributed by atoms with Crippen LogP contribution in [0.25, 0.3) is 0 Å². The fourth-order valence-electron chi connectivity index (χ4n) is 1.34. The lowest BCUT2D eigenvalue weighted by molar-refractivity contribution is -0.117. The first-order valence-electron chi connectivity index (χ1n) is 3.59. The Morgan fingerprint density at radius 2 is 2.30 bits per heavy atom. The van der Waals surface area contributed by atoms with Gasteiger partial charge in [0.2, 0.25) is 0 Å². The van der Waals surface area contributed by atoms with Crippen LogP contribution in [-0.2, 0) is 4.79 Å². The molecule has 0 saturated heterocycles. The number of hydrogen-bond donors (Lipinski definition) is 1. The van der Waals surface area contributed by atoms with Crippen LogP contribution in [-0.4, -0.2) is 10.9 Å². The average Bonchev–Trinajstić information content (AvgIpc) is 2.17. The first-order chi connectivity index (χ1) is 4.66. The maximum Gasteiger partial charge on any atom is 0.197 e. The van der Waals surface area contributed by atoms with Gasteiger partial charge in [0.05, 0.1) is 0 Å². The molecule has 1 unspecified atom stereocenters. The maximum atomic E-state index is 10.8. The number of ketones is 1. The van der Waals surface area contributed by atoms with Crippen LogP contribution in [0, 0.1) is 5.92 Å². The number of Topliss-reactive ketones (excluding diaryl/α,β-unsaturated/α-hetero) is 1. The molecule has 0 radical (unpaired) electrons. The summed E-state index contributed by atoms with van der Waals surface area (Å²) in [6.07, 6.45) is 1.45. The molecule has 0 aliphatic heterocycles. The maximum absolute atomic E-state index is 10.8. The van der Waals surface area contributed by atoms with Crippen molar-refractivity contribution in [2.24, 2.45) is 5.92 Å². The predicted octanol–water partition coefficient (Wildman–Crippen LogP) is 1.82. The monoisotopic (exact) mass is 140 g/mol. The van der Waals surface area contributed by atoms with Gasteiger partial charge in [-0.3, -0.25) is 4.79 Å². The molecule has 10 heavy (non-hydrogen) atoms. The molecule has 0 aromatic carbocycles. The Morgan fingerprint density at radius 1 is 1.70 bits per heavy atom. The fraction of sp³-hybridized carbons (Fsp3) is 0.625. The summed E-state index contributed by atoms with van der Waals surface area (Å²) in [5.41, 5.74) is 0.868. The minimum atomic E-state index is -0.0932. The highest BCUT2D eigenvalue weighted by Gasteiger charge is 2.27. The van der Waals surface area contributed by atoms with E-state index in [1.807, 2.05) is 13.8 Å². The zero-order chi connectivity index (χ0) is 7.72. The molecule has 1 aliphatic rings. The van der Waals surface area contributed by atoms with Crippen LogP contribution < -0.4 is 0 Å². The molecule has 0 aromatic heterocycles. The Bertz CT molecular complexity index is 191. The molecule has 0 heterocycles. The highest BCUT2D eigenvalue weighted by molar-refractivity contribution is 5.96. The zero-order valence-electron chi connectivity index (χ0n) is 6.35. The first kappa shape index (κ1) is 7.32. The summed E-state index contributed by atoms with van der Waals surface area (Å²) in [6.45, 7) is 3.86. The molecule has 0 spiro atoms. The number of rotatable bonds is 1. The summed E-state index contributed by atoms with van der Waals surface area (Å²) in [7, 11) is 0. The molecule has 0 aromatic rings. The number of aliphatic hydroxyl groups is 1. The van der Waals surface area contributed by atoms with Gasteiger partial charge >= 0.3 is 0 Å². The third-order valence-corrected chi connectivity index (χ3v) is 2.17. The van der Waals surface area contributed by atoms with Gasteiger partial charge < -0.3 is 5.11 Å². The largest absolute Gasteiger partial charge is 0.504 e. The van der Waals surface area contributed by atoms with E-state index in [0.29, 0.717) is 12.3 Å². The second-order valence-electron chi connectivity index (χ2n) is 2.76. The van der Waals surface area contributed by atoms with Gasteiger partial charge in [-0.05, 0) is 24.8 Å². The van der Waals surface area contributed by atoms with E-state index in [1.165, 1.54) is 0 Å². The molecule has 56 valence electrons. The molecular formula is C8H12O2. The van der Waals surface area contributed by atoms with Crippen LogP contribution >= 0.6 is 0 Å². The van der Waals surface area contributed by atoms with Crippen molar-refractivity contribution in [3.63, 3.8) is 0 Å². The topological polar surface area (TPSA) is 37.3 Å². The summed E-state index contributed by atoms with van der Waals surface area (Å²) in [5.74, 6) is 0.212. The van der Waals surface area contributed by atoms with E-state index in [0.717, 1.165) is 12.0 Å². The summed E-state index contributed by atoms with van der Waals surface area (Å²) < 4.78 is 0. The summed E-state index contributed by atoms with van der Waals surface area (Å²) in [6, 6.07) is 0. The molecule has 1 rings (SSSR count). The van der Waals surface area contributed by atoms with Crippen LogP contribution in [0.2, 0.25) is 0 Å². The van der Waals surface area contributed by atoms with Gasteiger partial charge in [-0.15, -0.1) is 0 Å². The molecule has 1 atom stereocenters. The van der Waals surface area contributed by atoms with Gasteiger partial charge in [0, 0.05) is 6.42 Å². The quantitative estimate of drug-likeness (QED) is 0.603. The van der Waals surface area contributed by atoms with E-state index in [1.54, 1.807) is 0 Å². The molecular weight excluding hydrogens is 128 g/mol. The number of hydrogen-bond acceptors (Lipinski definition) is 2. The lowest BCUT2D eigenvalue weighted by Crippen LogP contribution is -1.97. The van der Waals surface area contributed by atoms with Gasteiger partial charge in [0.15, 0.2) is 11.5 Å². The Labute approximate surface area is 60.6 Å². The van der Waals surface area contributed by atoms with Crippen molar-refractivity contribution in [3.05, 3.63) is 11.3 Å². The number of aliphatic hydroxyl groups excluding tert-OH is 1. The van der Waals surface area contributed by atoms with Crippen molar-refractivity contribution in [1.82, 2.24) is 0 Å². The molecule has 0 amide bonds. The number of carbonyl (C=O) groups excluding carboxylic acids is 1. The van der Waals surface area contributed by atoms with E-state index in [4.69, 9.17) is 5.11 Å². The average molecular weight is 140 g/mol. The Hall–Kier alpha value is -0.790. The van der Waals surface area contributed by atoms with Crippen LogP contribution in [0.4, 0.5) is 0 Å². The number of carbonyl (C=O) groups is 1. The molecule has 0 fully saturated rings. The van der Waals surface area contributed by atoms with E-state index in [-0.39, 0.29) is 11.5 Å². The van der Waals surface area contributed by atoms with Crippen molar-refractivity contribution in [2.45, 2.75) is 26.7 Å². The zero-order valence-corrected chi connectivity index (χ0v) is 6.35. The first-order valence-corrected chi connectivity index (χ1v) is 3.59. The van der Waals surface area contributed by atoms with E-state index in [9.17, 15) is 4.79 Å². The third kappa shape index (κ3) is 0.939. The lowest BCUT2D eigenvalue weighted by Gasteiger charge is -2.03. The molecule has 2 nitrogen and oxygen atoms in total. The van der Waals surface area contributed by atoms with Crippen molar-refractivity contribution in [1.29, 1.82) is 0 Å². The van der Waals surface area contributed by atoms with Crippen LogP contribution in [0.5, 0.6) is 0 Å². The van der Waals surface area contributed by atoms with E-state index in [2.05, 4.69) is 0 Å². The van der Waals surface area contributed by atoms with Crippen LogP contribution in [0.1, 0.15) is 26.7 Å². The summed E-state index contributed by atoms with van der Waals surface area (Å²) in [4.78, 5) is 10.8. The predicted molar refractivity (Wildman–Crippen MR) is 38.7 cm³/mol. The van der Waals surface area contributed by atoms with Gasteiger partial charge in [0.1, 0.15) is 0 Å². The van der Waals surface area contributed by atoms with Crippen molar-refractivity contribution in [2.75, 3.05) is 0 Å². The standard InChI is InChI=1S/C8H12O2/c1-3-6-4-7(9)8(10)5(6)2/h6,10H,3-4H2,1-2H3. The highest BCUT2D eigenvalue weighted by atomic mass is 16.3. The smallest absolute Gasteiger partial charge is 0.197 e. The Kier molecular flexibility index (Phi) is 1.79. The second-order valence-corrected chi connectivity index (χ2v) is 2.76. The normalized spacial score (nSPS) is 26.2. The summed E-state index contributed by atoms with van der Waals surface area (Å²) in [5, 5.41) is 9.10. The minimum Gasteiger partial charge on any atom is -0.504 e. The molecule has 1 aliphatic carbocycles. The Balaban J connectivity index is 2.83. The second kappa shape index (κ2) is 2.45. The SMILES string of the molecule is CCC1CC(=O)C(O)=C1C. The summed E-state index contributed by atoms with van der Waals surface area (Å²) >= 11 is 0. The fourth-order valence-corrected chi connectivity index (χ4v) is 1.34. The molecule has 0 bridgehead atoms. The Morgan fingerprint density at radius 3 is 2.50 bits per heavy atom. The minimum absolute atomic E-state index is 0.00634. The lowest BCUT2D eigenvalue weighted by atomic mass is 10.0. The van der Waals surface area contributed by atoms with Gasteiger partial charge in [-0.2, -0.15) is 0 Å². The van der Waals surface area contributed by atoms with Crippen LogP contribution in [0.3, 0.4) is 0 Å². The van der Waals surface area contributed by atoms with Crippen LogP contribution in [0.15, 0.2) is 11.3 Å². The molecule has 2 heteroatoms. The van der Waals surface area contributed by atoms with Crippen molar-refractivity contribution in [3.8, 4) is 0 Å². The number of allylic oxidation sites excluding steroid dienone is 2. The van der Waals surface area contributed by atoms with E-state index >= 15 is 0 Å². The molecule has 1 N–H and O–H groups in total. The van der Waals surface area contributed by atoms with E-state index < -0.39 is 0 Å². The van der Waals surface area contributed by atoms with Crippen molar-refractivity contribution < 1.29 is 9.90 Å². The third-order valence-electron chi connectivity index (χ3n) is 2.17. The highest BCUT2D eigenvalue weighted by Crippen LogP contribution is 2.29.